The Hall–Kier alpha value is -2.10. The quantitative estimate of drug-likeness (QED) is 0.855. The van der Waals surface area contributed by atoms with Crippen molar-refractivity contribution < 1.29 is 4.74 Å². The molecule has 0 aliphatic carbocycles. The number of rotatable bonds is 4. The van der Waals surface area contributed by atoms with Crippen molar-refractivity contribution in [3.05, 3.63) is 48.4 Å². The van der Waals surface area contributed by atoms with Crippen LogP contribution in [0, 0.1) is 6.92 Å². The number of anilines is 1. The highest BCUT2D eigenvalue weighted by Crippen LogP contribution is 2.24. The van der Waals surface area contributed by atoms with Gasteiger partial charge in [-0.25, -0.2) is 4.98 Å². The molecular weight excluding hydrogens is 250 g/mol. The molecule has 20 heavy (non-hydrogen) atoms. The second-order valence-corrected chi connectivity index (χ2v) is 5.13. The fourth-order valence-corrected chi connectivity index (χ4v) is 2.61. The molecule has 0 saturated carbocycles. The second kappa shape index (κ2) is 5.90. The van der Waals surface area contributed by atoms with E-state index in [-0.39, 0.29) is 0 Å². The second-order valence-electron chi connectivity index (χ2n) is 5.13. The van der Waals surface area contributed by atoms with Crippen LogP contribution in [0.3, 0.4) is 0 Å². The Kier molecular flexibility index (Phi) is 3.81. The highest BCUT2D eigenvalue weighted by molar-refractivity contribution is 5.39. The summed E-state index contributed by atoms with van der Waals surface area (Å²) >= 11 is 0. The number of para-hydroxylation sites is 1. The van der Waals surface area contributed by atoms with Crippen molar-refractivity contribution in [2.45, 2.75) is 25.8 Å². The van der Waals surface area contributed by atoms with Gasteiger partial charge in [0.2, 0.25) is 0 Å². The number of ether oxygens (including phenoxy) is 1. The number of benzene rings is 1. The molecule has 1 aromatic heterocycles. The Morgan fingerprint density at radius 1 is 1.25 bits per heavy atom. The molecule has 3 rings (SSSR count). The monoisotopic (exact) mass is 269 g/mol. The van der Waals surface area contributed by atoms with Crippen LogP contribution in [0.1, 0.15) is 18.5 Å². The van der Waals surface area contributed by atoms with Gasteiger partial charge in [-0.3, -0.25) is 4.98 Å². The fourth-order valence-electron chi connectivity index (χ4n) is 2.61. The van der Waals surface area contributed by atoms with E-state index in [2.05, 4.69) is 14.9 Å². The number of aromatic nitrogens is 2. The number of hydrogen-bond donors (Lipinski definition) is 0. The van der Waals surface area contributed by atoms with Gasteiger partial charge in [-0.15, -0.1) is 0 Å². The molecule has 1 fully saturated rings. The van der Waals surface area contributed by atoms with Crippen LogP contribution < -0.4 is 9.64 Å². The van der Waals surface area contributed by atoms with E-state index in [0.717, 1.165) is 30.2 Å². The first-order chi connectivity index (χ1) is 9.83. The van der Waals surface area contributed by atoms with Gasteiger partial charge in [0, 0.05) is 12.7 Å². The zero-order chi connectivity index (χ0) is 13.8. The molecule has 2 aromatic rings. The number of hydrogen-bond acceptors (Lipinski definition) is 4. The smallest absolute Gasteiger partial charge is 0.147 e. The van der Waals surface area contributed by atoms with Crippen molar-refractivity contribution in [3.63, 3.8) is 0 Å². The molecule has 1 aliphatic rings. The summed E-state index contributed by atoms with van der Waals surface area (Å²) in [5.41, 5.74) is 0.956. The molecule has 0 bridgehead atoms. The average Bonchev–Trinajstić information content (AvgIpc) is 2.95. The Morgan fingerprint density at radius 3 is 2.90 bits per heavy atom. The minimum absolute atomic E-state index is 0.381. The fraction of sp³-hybridized carbons (Fsp3) is 0.375. The van der Waals surface area contributed by atoms with E-state index in [1.807, 2.05) is 43.5 Å². The Morgan fingerprint density at radius 2 is 2.10 bits per heavy atom. The van der Waals surface area contributed by atoms with E-state index in [4.69, 9.17) is 4.74 Å². The predicted octanol–water partition coefficient (Wildman–Crippen LogP) is 2.83. The van der Waals surface area contributed by atoms with E-state index in [0.29, 0.717) is 12.6 Å². The largest absolute Gasteiger partial charge is 0.491 e. The summed E-state index contributed by atoms with van der Waals surface area (Å²) in [7, 11) is 0. The Bertz CT molecular complexity index is 559. The van der Waals surface area contributed by atoms with Gasteiger partial charge in [-0.1, -0.05) is 18.2 Å². The molecule has 104 valence electrons. The van der Waals surface area contributed by atoms with E-state index in [1.54, 1.807) is 6.20 Å². The van der Waals surface area contributed by atoms with Crippen molar-refractivity contribution >= 4 is 5.82 Å². The molecular formula is C16H19N3O. The normalized spacial score (nSPS) is 18.2. The van der Waals surface area contributed by atoms with E-state index in [1.165, 1.54) is 6.42 Å². The summed E-state index contributed by atoms with van der Waals surface area (Å²) in [6, 6.07) is 10.3. The Balaban J connectivity index is 1.67. The maximum absolute atomic E-state index is 5.88. The van der Waals surface area contributed by atoms with E-state index in [9.17, 15) is 0 Å². The summed E-state index contributed by atoms with van der Waals surface area (Å²) in [6.45, 7) is 3.70. The van der Waals surface area contributed by atoms with Gasteiger partial charge in [0.1, 0.15) is 18.2 Å². The molecule has 0 N–H and O–H groups in total. The van der Waals surface area contributed by atoms with Crippen LogP contribution in [0.2, 0.25) is 0 Å². The van der Waals surface area contributed by atoms with Crippen LogP contribution in [-0.2, 0) is 0 Å². The summed E-state index contributed by atoms with van der Waals surface area (Å²) in [6.07, 6.45) is 5.95. The average molecular weight is 269 g/mol. The maximum atomic E-state index is 5.88. The van der Waals surface area contributed by atoms with Gasteiger partial charge in [-0.2, -0.15) is 0 Å². The molecule has 1 atom stereocenters. The van der Waals surface area contributed by atoms with Crippen LogP contribution in [0.25, 0.3) is 0 Å². The molecule has 4 nitrogen and oxygen atoms in total. The third-order valence-electron chi connectivity index (χ3n) is 3.60. The van der Waals surface area contributed by atoms with Crippen molar-refractivity contribution in [2.24, 2.45) is 0 Å². The van der Waals surface area contributed by atoms with E-state index < -0.39 is 0 Å². The summed E-state index contributed by atoms with van der Waals surface area (Å²) in [5, 5.41) is 0. The first-order valence-electron chi connectivity index (χ1n) is 7.06. The number of aryl methyl sites for hydroxylation is 1. The molecule has 0 spiro atoms. The summed E-state index contributed by atoms with van der Waals surface area (Å²) < 4.78 is 5.88. The molecule has 0 amide bonds. The maximum Gasteiger partial charge on any atom is 0.147 e. The molecule has 0 radical (unpaired) electrons. The van der Waals surface area contributed by atoms with Gasteiger partial charge in [0.05, 0.1) is 17.9 Å². The van der Waals surface area contributed by atoms with Crippen LogP contribution in [0.5, 0.6) is 5.75 Å². The van der Waals surface area contributed by atoms with Crippen molar-refractivity contribution in [2.75, 3.05) is 18.1 Å². The van der Waals surface area contributed by atoms with Crippen molar-refractivity contribution in [3.8, 4) is 5.75 Å². The van der Waals surface area contributed by atoms with Gasteiger partial charge >= 0.3 is 0 Å². The van der Waals surface area contributed by atoms with Gasteiger partial charge in [-0.05, 0) is 31.9 Å². The molecule has 0 unspecified atom stereocenters. The molecule has 2 heterocycles. The predicted molar refractivity (Wildman–Crippen MR) is 79.1 cm³/mol. The lowest BCUT2D eigenvalue weighted by Crippen LogP contribution is -2.34. The lowest BCUT2D eigenvalue weighted by molar-refractivity contribution is 0.288. The third kappa shape index (κ3) is 2.90. The van der Waals surface area contributed by atoms with Crippen LogP contribution >= 0.6 is 0 Å². The Labute approximate surface area is 119 Å². The zero-order valence-electron chi connectivity index (χ0n) is 11.7. The lowest BCUT2D eigenvalue weighted by atomic mass is 10.2. The van der Waals surface area contributed by atoms with Gasteiger partial charge in [0.25, 0.3) is 0 Å². The van der Waals surface area contributed by atoms with Crippen molar-refractivity contribution in [1.82, 2.24) is 9.97 Å². The minimum Gasteiger partial charge on any atom is -0.491 e. The van der Waals surface area contributed by atoms with Gasteiger partial charge < -0.3 is 9.64 Å². The number of nitrogens with zero attached hydrogens (tertiary/aromatic N) is 3. The SMILES string of the molecule is Cc1cncc(N2CCC[C@H]2COc2ccccc2)n1. The lowest BCUT2D eigenvalue weighted by Gasteiger charge is -2.25. The summed E-state index contributed by atoms with van der Waals surface area (Å²) in [5.74, 6) is 1.89. The molecule has 1 aromatic carbocycles. The molecule has 1 aliphatic heterocycles. The van der Waals surface area contributed by atoms with Crippen LogP contribution in [0.4, 0.5) is 5.82 Å². The van der Waals surface area contributed by atoms with Crippen LogP contribution in [0.15, 0.2) is 42.7 Å². The summed E-state index contributed by atoms with van der Waals surface area (Å²) in [4.78, 5) is 11.1. The standard InChI is InChI=1S/C16H19N3O/c1-13-10-17-11-16(18-13)19-9-5-6-14(19)12-20-15-7-3-2-4-8-15/h2-4,7-8,10-11,14H,5-6,9,12H2,1H3/t14-/m0/s1. The van der Waals surface area contributed by atoms with Crippen LogP contribution in [-0.4, -0.2) is 29.2 Å². The highest BCUT2D eigenvalue weighted by Gasteiger charge is 2.26. The van der Waals surface area contributed by atoms with E-state index >= 15 is 0 Å². The highest BCUT2D eigenvalue weighted by atomic mass is 16.5. The third-order valence-corrected chi connectivity index (χ3v) is 3.60. The zero-order valence-corrected chi connectivity index (χ0v) is 11.7. The first kappa shape index (κ1) is 12.9. The molecule has 1 saturated heterocycles. The van der Waals surface area contributed by atoms with Crippen molar-refractivity contribution in [1.29, 1.82) is 0 Å². The first-order valence-corrected chi connectivity index (χ1v) is 7.06. The van der Waals surface area contributed by atoms with Gasteiger partial charge in [0.15, 0.2) is 0 Å². The minimum atomic E-state index is 0.381. The topological polar surface area (TPSA) is 38.2 Å². The molecule has 4 heteroatoms.